The molecule has 1 atom stereocenters. The van der Waals surface area contributed by atoms with Gasteiger partial charge in [-0.05, 0) is 23.1 Å². The smallest absolute Gasteiger partial charge is 0.233 e. The minimum absolute atomic E-state index is 0.170. The Morgan fingerprint density at radius 2 is 1.81 bits per heavy atom. The fourth-order valence-corrected chi connectivity index (χ4v) is 3.40. The van der Waals surface area contributed by atoms with E-state index in [1.807, 2.05) is 11.0 Å². The van der Waals surface area contributed by atoms with Crippen LogP contribution in [0.5, 0.6) is 0 Å². The van der Waals surface area contributed by atoms with Crippen molar-refractivity contribution < 1.29 is 4.79 Å². The monoisotopic (exact) mass is 343 g/mol. The summed E-state index contributed by atoms with van der Waals surface area (Å²) in [6.45, 7) is 1.55. The Morgan fingerprint density at radius 3 is 2.57 bits per heavy atom. The van der Waals surface area contributed by atoms with Crippen molar-refractivity contribution in [3.05, 3.63) is 71.3 Å². The van der Waals surface area contributed by atoms with Crippen LogP contribution < -0.4 is 0 Å². The molecule has 1 aliphatic heterocycles. The fourth-order valence-electron chi connectivity index (χ4n) is 3.05. The first kappa shape index (κ1) is 14.3. The maximum absolute atomic E-state index is 12.1. The zero-order valence-corrected chi connectivity index (χ0v) is 13.4. The summed E-state index contributed by atoms with van der Waals surface area (Å²) in [5.41, 5.74) is 3.99. The average Bonchev–Trinajstić information content (AvgIpc) is 2.75. The number of halogens is 1. The van der Waals surface area contributed by atoms with Crippen molar-refractivity contribution in [1.82, 2.24) is 4.90 Å². The highest BCUT2D eigenvalue weighted by atomic mass is 79.9. The Bertz CT molecular complexity index is 626. The third-order valence-electron chi connectivity index (χ3n) is 4.15. The topological polar surface area (TPSA) is 20.3 Å². The first-order valence-corrected chi connectivity index (χ1v) is 8.38. The number of rotatable bonds is 2. The molecule has 3 heteroatoms. The van der Waals surface area contributed by atoms with Crippen LogP contribution in [0.15, 0.2) is 54.6 Å². The lowest BCUT2D eigenvalue weighted by Gasteiger charge is -2.25. The van der Waals surface area contributed by atoms with Crippen LogP contribution in [0.4, 0.5) is 0 Å². The first-order valence-electron chi connectivity index (χ1n) is 7.26. The first-order chi connectivity index (χ1) is 10.3. The van der Waals surface area contributed by atoms with Crippen LogP contribution in [-0.2, 0) is 11.2 Å². The Labute approximate surface area is 133 Å². The zero-order valence-electron chi connectivity index (χ0n) is 11.8. The van der Waals surface area contributed by atoms with Crippen LogP contribution in [0.25, 0.3) is 0 Å². The number of amides is 1. The predicted molar refractivity (Wildman–Crippen MR) is 88.8 cm³/mol. The van der Waals surface area contributed by atoms with E-state index in [-0.39, 0.29) is 11.8 Å². The third-order valence-corrected chi connectivity index (χ3v) is 4.63. The summed E-state index contributed by atoms with van der Waals surface area (Å²) in [7, 11) is 0. The van der Waals surface area contributed by atoms with Gasteiger partial charge in [0.1, 0.15) is 0 Å². The molecular formula is C18H18BrNO. The van der Waals surface area contributed by atoms with Crippen molar-refractivity contribution >= 4 is 21.8 Å². The second-order valence-electron chi connectivity index (χ2n) is 5.39. The molecule has 0 fully saturated rings. The van der Waals surface area contributed by atoms with Crippen molar-refractivity contribution in [3.63, 3.8) is 0 Å². The van der Waals surface area contributed by atoms with Gasteiger partial charge in [0, 0.05) is 19.0 Å². The highest BCUT2D eigenvalue weighted by Crippen LogP contribution is 2.31. The molecule has 0 saturated carbocycles. The number of nitrogens with zero attached hydrogens (tertiary/aromatic N) is 1. The molecule has 1 aliphatic rings. The molecule has 0 radical (unpaired) electrons. The molecule has 21 heavy (non-hydrogen) atoms. The summed E-state index contributed by atoms with van der Waals surface area (Å²) in [6.07, 6.45) is 0.929. The van der Waals surface area contributed by atoms with Crippen molar-refractivity contribution in [2.75, 3.05) is 18.4 Å². The van der Waals surface area contributed by atoms with E-state index in [9.17, 15) is 4.79 Å². The van der Waals surface area contributed by atoms with Gasteiger partial charge in [-0.3, -0.25) is 4.79 Å². The van der Waals surface area contributed by atoms with Crippen LogP contribution in [0.1, 0.15) is 22.6 Å². The molecule has 108 valence electrons. The largest absolute Gasteiger partial charge is 0.341 e. The van der Waals surface area contributed by atoms with Crippen LogP contribution in [0.3, 0.4) is 0 Å². The molecule has 0 unspecified atom stereocenters. The highest BCUT2D eigenvalue weighted by molar-refractivity contribution is 9.09. The van der Waals surface area contributed by atoms with Crippen LogP contribution >= 0.6 is 15.9 Å². The molecule has 0 spiro atoms. The number of carbonyl (C=O) groups is 1. The van der Waals surface area contributed by atoms with Crippen molar-refractivity contribution in [2.45, 2.75) is 12.3 Å². The Kier molecular flexibility index (Phi) is 4.39. The molecule has 0 aromatic heterocycles. The number of fused-ring (bicyclic) bond motifs is 1. The zero-order chi connectivity index (χ0) is 14.7. The standard InChI is InChI=1S/C18H18BrNO/c19-12-18(21)20-11-10-15-8-4-5-9-16(15)17(13-20)14-6-2-1-3-7-14/h1-9,17H,10-13H2/t17-/m0/s1. The minimum Gasteiger partial charge on any atom is -0.341 e. The maximum Gasteiger partial charge on any atom is 0.233 e. The molecular weight excluding hydrogens is 326 g/mol. The summed E-state index contributed by atoms with van der Waals surface area (Å²) < 4.78 is 0. The van der Waals surface area contributed by atoms with E-state index in [0.717, 1.165) is 19.5 Å². The van der Waals surface area contributed by atoms with Crippen molar-refractivity contribution in [3.8, 4) is 0 Å². The van der Waals surface area contributed by atoms with Gasteiger partial charge in [0.15, 0.2) is 0 Å². The Hall–Kier alpha value is -1.61. The van der Waals surface area contributed by atoms with Gasteiger partial charge in [-0.25, -0.2) is 0 Å². The lowest BCUT2D eigenvalue weighted by molar-refractivity contribution is -0.128. The van der Waals surface area contributed by atoms with Gasteiger partial charge in [-0.1, -0.05) is 70.5 Å². The quantitative estimate of drug-likeness (QED) is 0.763. The molecule has 3 rings (SSSR count). The fraction of sp³-hybridized carbons (Fsp3) is 0.278. The number of alkyl halides is 1. The second kappa shape index (κ2) is 6.44. The molecule has 1 amide bonds. The summed E-state index contributed by atoms with van der Waals surface area (Å²) in [5.74, 6) is 0.427. The third kappa shape index (κ3) is 3.03. The van der Waals surface area contributed by atoms with Gasteiger partial charge in [0.25, 0.3) is 0 Å². The Balaban J connectivity index is 2.02. The summed E-state index contributed by atoms with van der Waals surface area (Å²) >= 11 is 3.30. The van der Waals surface area contributed by atoms with Gasteiger partial charge < -0.3 is 4.90 Å². The van der Waals surface area contributed by atoms with Gasteiger partial charge in [0.2, 0.25) is 5.91 Å². The van der Waals surface area contributed by atoms with Gasteiger partial charge in [-0.15, -0.1) is 0 Å². The van der Waals surface area contributed by atoms with E-state index in [4.69, 9.17) is 0 Å². The van der Waals surface area contributed by atoms with E-state index in [0.29, 0.717) is 5.33 Å². The highest BCUT2D eigenvalue weighted by Gasteiger charge is 2.26. The summed E-state index contributed by atoms with van der Waals surface area (Å²) in [4.78, 5) is 14.1. The number of hydrogen-bond donors (Lipinski definition) is 0. The van der Waals surface area contributed by atoms with Gasteiger partial charge in [0.05, 0.1) is 5.33 Å². The average molecular weight is 344 g/mol. The van der Waals surface area contributed by atoms with E-state index in [2.05, 4.69) is 64.5 Å². The van der Waals surface area contributed by atoms with Gasteiger partial charge >= 0.3 is 0 Å². The molecule has 0 N–H and O–H groups in total. The van der Waals surface area contributed by atoms with Crippen molar-refractivity contribution in [2.24, 2.45) is 0 Å². The van der Waals surface area contributed by atoms with E-state index < -0.39 is 0 Å². The van der Waals surface area contributed by atoms with Crippen LogP contribution in [-0.4, -0.2) is 29.2 Å². The molecule has 2 nitrogen and oxygen atoms in total. The lowest BCUT2D eigenvalue weighted by atomic mass is 9.88. The summed E-state index contributed by atoms with van der Waals surface area (Å²) in [5, 5.41) is 0.394. The SMILES string of the molecule is O=C(CBr)N1CCc2ccccc2[C@H](c2ccccc2)C1. The number of hydrogen-bond acceptors (Lipinski definition) is 1. The normalized spacial score (nSPS) is 18.0. The number of benzene rings is 2. The molecule has 0 aliphatic carbocycles. The molecule has 2 aromatic rings. The number of carbonyl (C=O) groups excluding carboxylic acids is 1. The summed E-state index contributed by atoms with van der Waals surface area (Å²) in [6, 6.07) is 19.1. The van der Waals surface area contributed by atoms with E-state index in [1.54, 1.807) is 0 Å². The van der Waals surface area contributed by atoms with E-state index >= 15 is 0 Å². The van der Waals surface area contributed by atoms with Gasteiger partial charge in [-0.2, -0.15) is 0 Å². The lowest BCUT2D eigenvalue weighted by Crippen LogP contribution is -2.35. The molecule has 0 saturated heterocycles. The van der Waals surface area contributed by atoms with Crippen LogP contribution in [0.2, 0.25) is 0 Å². The van der Waals surface area contributed by atoms with Crippen LogP contribution in [0, 0.1) is 0 Å². The van der Waals surface area contributed by atoms with Crippen molar-refractivity contribution in [1.29, 1.82) is 0 Å². The van der Waals surface area contributed by atoms with E-state index in [1.165, 1.54) is 16.7 Å². The molecule has 0 bridgehead atoms. The minimum atomic E-state index is 0.170. The molecule has 1 heterocycles. The predicted octanol–water partition coefficient (Wildman–Crippen LogP) is 3.60. The molecule has 2 aromatic carbocycles. The maximum atomic E-state index is 12.1. The Morgan fingerprint density at radius 1 is 1.10 bits per heavy atom. The second-order valence-corrected chi connectivity index (χ2v) is 5.95.